The predicted octanol–water partition coefficient (Wildman–Crippen LogP) is 2.72. The molecule has 11 heteroatoms. The second kappa shape index (κ2) is 14.0. The summed E-state index contributed by atoms with van der Waals surface area (Å²) < 4.78 is 36.5. The van der Waals surface area contributed by atoms with Crippen molar-refractivity contribution in [2.24, 2.45) is 4.99 Å². The van der Waals surface area contributed by atoms with E-state index in [4.69, 9.17) is 18.9 Å². The second-order valence-corrected chi connectivity index (χ2v) is 10.1. The van der Waals surface area contributed by atoms with E-state index in [9.17, 15) is 14.3 Å². The van der Waals surface area contributed by atoms with Crippen LogP contribution in [0.25, 0.3) is 0 Å². The molecule has 3 saturated heterocycles. The van der Waals surface area contributed by atoms with Gasteiger partial charge in [-0.1, -0.05) is 19.1 Å². The highest BCUT2D eigenvalue weighted by atomic mass is 19.1. The van der Waals surface area contributed by atoms with E-state index < -0.39 is 12.3 Å². The Labute approximate surface area is 229 Å². The smallest absolute Gasteiger partial charge is 0.407 e. The van der Waals surface area contributed by atoms with Gasteiger partial charge in [-0.15, -0.1) is 0 Å². The molecule has 0 radical (unpaired) electrons. The van der Waals surface area contributed by atoms with Gasteiger partial charge in [-0.05, 0) is 31.9 Å². The number of aliphatic imine (C=N–C) groups is 1. The maximum atomic E-state index is 13.8. The zero-order chi connectivity index (χ0) is 27.8. The average Bonchev–Trinajstić information content (AvgIpc) is 3.60. The molecule has 1 amide bonds. The third kappa shape index (κ3) is 7.83. The van der Waals surface area contributed by atoms with Gasteiger partial charge in [-0.2, -0.15) is 0 Å². The molecule has 3 N–H and O–H groups in total. The SMILES string of the molecule is CC/C=C(\C=C/CCNC1=CC(OC2COC3C(O)CO[C@H]23)=N/C1=C/C(C)F)N1CCC(OC(=O)NC)CC1. The number of allylic oxidation sites excluding steroid dienone is 3. The molecule has 4 aliphatic heterocycles. The summed E-state index contributed by atoms with van der Waals surface area (Å²) in [4.78, 5) is 18.3. The molecular weight excluding hydrogens is 507 g/mol. The zero-order valence-corrected chi connectivity index (χ0v) is 23.0. The average molecular weight is 549 g/mol. The third-order valence-electron chi connectivity index (χ3n) is 7.03. The van der Waals surface area contributed by atoms with E-state index in [0.717, 1.165) is 44.5 Å². The number of hydrogen-bond acceptors (Lipinski definition) is 9. The van der Waals surface area contributed by atoms with E-state index in [0.29, 0.717) is 30.4 Å². The van der Waals surface area contributed by atoms with Crippen LogP contribution >= 0.6 is 0 Å². The van der Waals surface area contributed by atoms with Crippen molar-refractivity contribution in [3.05, 3.63) is 47.5 Å². The number of aliphatic hydroxyl groups excluding tert-OH is 1. The van der Waals surface area contributed by atoms with Crippen molar-refractivity contribution < 1.29 is 33.2 Å². The van der Waals surface area contributed by atoms with Gasteiger partial charge < -0.3 is 39.6 Å². The van der Waals surface area contributed by atoms with Crippen LogP contribution in [-0.2, 0) is 18.9 Å². The van der Waals surface area contributed by atoms with Crippen LogP contribution in [0.1, 0.15) is 39.5 Å². The van der Waals surface area contributed by atoms with Gasteiger partial charge in [0.1, 0.15) is 30.6 Å². The Hall–Kier alpha value is -2.89. The fourth-order valence-corrected chi connectivity index (χ4v) is 5.10. The molecule has 39 heavy (non-hydrogen) atoms. The number of amides is 1. The summed E-state index contributed by atoms with van der Waals surface area (Å²) in [5.74, 6) is 0.371. The molecule has 0 bridgehead atoms. The predicted molar refractivity (Wildman–Crippen MR) is 145 cm³/mol. The van der Waals surface area contributed by atoms with Crippen molar-refractivity contribution in [1.29, 1.82) is 0 Å². The summed E-state index contributed by atoms with van der Waals surface area (Å²) in [6, 6.07) is 0. The number of nitrogens with one attached hydrogen (secondary N) is 2. The summed E-state index contributed by atoms with van der Waals surface area (Å²) in [6.07, 6.45) is 9.60. The third-order valence-corrected chi connectivity index (χ3v) is 7.03. The van der Waals surface area contributed by atoms with E-state index in [1.165, 1.54) is 13.0 Å². The standard InChI is InChI=1S/C28H41FN4O6/c1-4-7-19(33-12-9-20(10-13-33)38-28(35)30-3)8-5-6-11-31-21-15-25(32-22(21)14-18(2)29)39-24-17-37-26-23(34)16-36-27(24)26/h5,7-8,14-15,18,20,23-24,26-27,31,34H,4,6,9-13,16-17H2,1-3H3,(H,30,35)/b8-5-,19-7+,22-14+/t18?,23?,24?,26?,27-/m1/s1. The maximum absolute atomic E-state index is 13.8. The topological polar surface area (TPSA) is 114 Å². The quantitative estimate of drug-likeness (QED) is 0.282. The summed E-state index contributed by atoms with van der Waals surface area (Å²) in [5, 5.41) is 15.8. The number of carbonyl (C=O) groups excluding carboxylic acids is 1. The highest BCUT2D eigenvalue weighted by molar-refractivity contribution is 5.93. The van der Waals surface area contributed by atoms with Crippen LogP contribution in [0.3, 0.4) is 0 Å². The van der Waals surface area contributed by atoms with Crippen molar-refractivity contribution in [2.45, 2.75) is 76.2 Å². The number of fused-ring (bicyclic) bond motifs is 1. The Balaban J connectivity index is 1.27. The molecule has 0 aliphatic carbocycles. The van der Waals surface area contributed by atoms with Gasteiger partial charge in [0.25, 0.3) is 0 Å². The van der Waals surface area contributed by atoms with Crippen molar-refractivity contribution in [3.8, 4) is 0 Å². The Morgan fingerprint density at radius 3 is 2.79 bits per heavy atom. The summed E-state index contributed by atoms with van der Waals surface area (Å²) in [7, 11) is 1.57. The van der Waals surface area contributed by atoms with Crippen molar-refractivity contribution >= 4 is 12.0 Å². The van der Waals surface area contributed by atoms with Gasteiger partial charge in [-0.3, -0.25) is 0 Å². The molecule has 4 heterocycles. The Kier molecular flexibility index (Phi) is 10.4. The zero-order valence-electron chi connectivity index (χ0n) is 23.0. The summed E-state index contributed by atoms with van der Waals surface area (Å²) in [5.41, 5.74) is 2.37. The van der Waals surface area contributed by atoms with Gasteiger partial charge in [0, 0.05) is 51.3 Å². The lowest BCUT2D eigenvalue weighted by Crippen LogP contribution is -2.38. The van der Waals surface area contributed by atoms with Crippen LogP contribution in [0, 0.1) is 0 Å². The molecule has 4 rings (SSSR count). The molecule has 0 saturated carbocycles. The monoisotopic (exact) mass is 548 g/mol. The highest BCUT2D eigenvalue weighted by Crippen LogP contribution is 2.30. The number of rotatable bonds is 10. The Morgan fingerprint density at radius 1 is 1.31 bits per heavy atom. The number of ether oxygens (including phenoxy) is 4. The van der Waals surface area contributed by atoms with Gasteiger partial charge in [-0.25, -0.2) is 14.2 Å². The van der Waals surface area contributed by atoms with E-state index in [2.05, 4.69) is 45.7 Å². The lowest BCUT2D eigenvalue weighted by atomic mass is 10.1. The molecule has 216 valence electrons. The number of likely N-dealkylation sites (tertiary alicyclic amines) is 1. The number of nitrogens with zero attached hydrogens (tertiary/aromatic N) is 2. The first kappa shape index (κ1) is 29.1. The molecule has 4 unspecified atom stereocenters. The van der Waals surface area contributed by atoms with Crippen LogP contribution < -0.4 is 10.6 Å². The van der Waals surface area contributed by atoms with Crippen LogP contribution in [0.5, 0.6) is 0 Å². The first-order chi connectivity index (χ1) is 18.9. The molecular formula is C28H41FN4O6. The molecule has 10 nitrogen and oxygen atoms in total. The fraction of sp³-hybridized carbons (Fsp3) is 0.643. The van der Waals surface area contributed by atoms with Crippen molar-refractivity contribution in [1.82, 2.24) is 15.5 Å². The Morgan fingerprint density at radius 2 is 2.08 bits per heavy atom. The molecule has 0 spiro atoms. The van der Waals surface area contributed by atoms with E-state index in [-0.39, 0.29) is 37.1 Å². The molecule has 5 atom stereocenters. The molecule has 4 aliphatic rings. The van der Waals surface area contributed by atoms with Gasteiger partial charge in [0.15, 0.2) is 6.10 Å². The number of carbonyl (C=O) groups is 1. The molecule has 3 fully saturated rings. The largest absolute Gasteiger partial charge is 0.469 e. The maximum Gasteiger partial charge on any atom is 0.407 e. The van der Waals surface area contributed by atoms with E-state index in [1.807, 2.05) is 0 Å². The van der Waals surface area contributed by atoms with Crippen LogP contribution in [0.15, 0.2) is 52.5 Å². The minimum absolute atomic E-state index is 0.0535. The number of halogens is 1. The minimum Gasteiger partial charge on any atom is -0.469 e. The number of alkyl halides is 1. The minimum atomic E-state index is -1.16. The summed E-state index contributed by atoms with van der Waals surface area (Å²) in [6.45, 7) is 6.39. The van der Waals surface area contributed by atoms with Gasteiger partial charge >= 0.3 is 6.09 Å². The molecule has 0 aromatic heterocycles. The van der Waals surface area contributed by atoms with Crippen LogP contribution in [0.4, 0.5) is 9.18 Å². The molecule has 0 aromatic rings. The van der Waals surface area contributed by atoms with E-state index in [1.54, 1.807) is 13.1 Å². The number of aliphatic hydroxyl groups is 1. The highest BCUT2D eigenvalue weighted by Gasteiger charge is 2.48. The Bertz CT molecular complexity index is 1000. The summed E-state index contributed by atoms with van der Waals surface area (Å²) >= 11 is 0. The van der Waals surface area contributed by atoms with E-state index >= 15 is 0 Å². The number of hydrogen-bond donors (Lipinski definition) is 3. The number of piperidine rings is 1. The van der Waals surface area contributed by atoms with Crippen molar-refractivity contribution in [3.63, 3.8) is 0 Å². The normalized spacial score (nSPS) is 29.4. The van der Waals surface area contributed by atoms with Crippen molar-refractivity contribution in [2.75, 3.05) is 39.9 Å². The number of alkyl carbamates (subject to hydrolysis) is 1. The van der Waals surface area contributed by atoms with Crippen LogP contribution in [0.2, 0.25) is 0 Å². The lowest BCUT2D eigenvalue weighted by molar-refractivity contribution is 0.00633. The fourth-order valence-electron chi connectivity index (χ4n) is 5.10. The van der Waals surface area contributed by atoms with Gasteiger partial charge in [0.05, 0.1) is 24.6 Å². The first-order valence-corrected chi connectivity index (χ1v) is 13.9. The molecule has 0 aromatic carbocycles. The second-order valence-electron chi connectivity index (χ2n) is 10.1. The first-order valence-electron chi connectivity index (χ1n) is 13.9. The lowest BCUT2D eigenvalue weighted by Gasteiger charge is -2.34. The van der Waals surface area contributed by atoms with Gasteiger partial charge in [0.2, 0.25) is 5.90 Å². The van der Waals surface area contributed by atoms with Crippen LogP contribution in [-0.4, -0.2) is 98.6 Å².